The van der Waals surface area contributed by atoms with Crippen LogP contribution in [-0.2, 0) is 4.79 Å². The van der Waals surface area contributed by atoms with Gasteiger partial charge in [-0.25, -0.2) is 0 Å². The molecule has 2 fully saturated rings. The Balaban J connectivity index is 2.16. The van der Waals surface area contributed by atoms with Crippen LogP contribution in [-0.4, -0.2) is 29.4 Å². The lowest BCUT2D eigenvalue weighted by Crippen LogP contribution is -2.44. The first-order valence-corrected chi connectivity index (χ1v) is 5.51. The summed E-state index contributed by atoms with van der Waals surface area (Å²) in [6.45, 7) is 1.73. The van der Waals surface area contributed by atoms with Crippen molar-refractivity contribution in [1.82, 2.24) is 5.32 Å². The van der Waals surface area contributed by atoms with Gasteiger partial charge in [0.05, 0.1) is 0 Å². The van der Waals surface area contributed by atoms with Crippen LogP contribution in [0.25, 0.3) is 0 Å². The molecule has 0 spiro atoms. The summed E-state index contributed by atoms with van der Waals surface area (Å²) in [4.78, 5) is 11.4. The summed E-state index contributed by atoms with van der Waals surface area (Å²) in [6.07, 6.45) is 2.54. The van der Waals surface area contributed by atoms with E-state index in [0.717, 1.165) is 0 Å². The van der Waals surface area contributed by atoms with Crippen molar-refractivity contribution in [2.24, 2.45) is 5.92 Å². The maximum absolute atomic E-state index is 11.4. The number of Topliss-reactive ketones (excluding diaryl/α,β-unsaturated/α-hetero) is 1. The van der Waals surface area contributed by atoms with Gasteiger partial charge < -0.3 is 5.32 Å². The number of ketones is 1. The van der Waals surface area contributed by atoms with Gasteiger partial charge >= 0.3 is 0 Å². The number of carbonyl (C=O) groups is 1. The Morgan fingerprint density at radius 3 is 2.58 bits per heavy atom. The SMILES string of the molecule is CNC1C2CCC(S2)C1C(C)=O. The molecule has 2 rings (SSSR count). The minimum Gasteiger partial charge on any atom is -0.315 e. The Labute approximate surface area is 77.5 Å². The van der Waals surface area contributed by atoms with Crippen LogP contribution < -0.4 is 5.32 Å². The molecule has 0 radical (unpaired) electrons. The molecule has 0 saturated carbocycles. The summed E-state index contributed by atoms with van der Waals surface area (Å²) < 4.78 is 0. The predicted octanol–water partition coefficient (Wildman–Crippen LogP) is 1.06. The highest BCUT2D eigenvalue weighted by molar-refractivity contribution is 8.01. The highest BCUT2D eigenvalue weighted by Gasteiger charge is 2.49. The van der Waals surface area contributed by atoms with E-state index in [2.05, 4.69) is 5.32 Å². The second-order valence-electron chi connectivity index (χ2n) is 3.74. The third-order valence-electron chi connectivity index (χ3n) is 3.08. The van der Waals surface area contributed by atoms with E-state index in [0.29, 0.717) is 28.2 Å². The van der Waals surface area contributed by atoms with E-state index in [-0.39, 0.29) is 0 Å². The number of nitrogens with one attached hydrogen (secondary N) is 1. The zero-order chi connectivity index (χ0) is 8.72. The number of thioether (sulfide) groups is 1. The van der Waals surface area contributed by atoms with Gasteiger partial charge in [0, 0.05) is 22.5 Å². The molecule has 2 bridgehead atoms. The van der Waals surface area contributed by atoms with Gasteiger partial charge in [0.1, 0.15) is 5.78 Å². The summed E-state index contributed by atoms with van der Waals surface area (Å²) in [5, 5.41) is 4.60. The lowest BCUT2D eigenvalue weighted by atomic mass is 9.82. The summed E-state index contributed by atoms with van der Waals surface area (Å²) in [5.41, 5.74) is 0. The Kier molecular flexibility index (Phi) is 2.17. The van der Waals surface area contributed by atoms with E-state index in [1.54, 1.807) is 6.92 Å². The largest absolute Gasteiger partial charge is 0.315 e. The minimum absolute atomic E-state index is 0.291. The average molecular weight is 185 g/mol. The zero-order valence-electron chi connectivity index (χ0n) is 7.54. The number of fused-ring (bicyclic) bond motifs is 2. The third kappa shape index (κ3) is 1.11. The molecule has 0 amide bonds. The standard InChI is InChI=1S/C9H15NOS/c1-5(11)8-6-3-4-7(12-6)9(8)10-2/h6-10H,3-4H2,1-2H3. The van der Waals surface area contributed by atoms with Gasteiger partial charge in [0.25, 0.3) is 0 Å². The minimum atomic E-state index is 0.291. The van der Waals surface area contributed by atoms with E-state index >= 15 is 0 Å². The molecule has 2 aliphatic heterocycles. The van der Waals surface area contributed by atoms with Crippen LogP contribution in [0.3, 0.4) is 0 Å². The summed E-state index contributed by atoms with van der Waals surface area (Å²) >= 11 is 2.02. The molecule has 2 saturated heterocycles. The highest BCUT2D eigenvalue weighted by Crippen LogP contribution is 2.49. The van der Waals surface area contributed by atoms with Gasteiger partial charge in [-0.1, -0.05) is 0 Å². The summed E-state index contributed by atoms with van der Waals surface area (Å²) in [6, 6.07) is 0.450. The van der Waals surface area contributed by atoms with Gasteiger partial charge in [-0.05, 0) is 26.8 Å². The fourth-order valence-corrected chi connectivity index (χ4v) is 4.56. The summed E-state index contributed by atoms with van der Waals surface area (Å²) in [7, 11) is 1.97. The van der Waals surface area contributed by atoms with Crippen LogP contribution in [0.1, 0.15) is 19.8 Å². The van der Waals surface area contributed by atoms with Crippen molar-refractivity contribution in [3.8, 4) is 0 Å². The van der Waals surface area contributed by atoms with Crippen LogP contribution in [0.2, 0.25) is 0 Å². The van der Waals surface area contributed by atoms with Crippen LogP contribution >= 0.6 is 11.8 Å². The molecule has 68 valence electrons. The van der Waals surface area contributed by atoms with E-state index in [4.69, 9.17) is 0 Å². The van der Waals surface area contributed by atoms with Gasteiger partial charge in [-0.15, -0.1) is 0 Å². The second-order valence-corrected chi connectivity index (χ2v) is 5.22. The van der Waals surface area contributed by atoms with E-state index in [1.807, 2.05) is 18.8 Å². The molecule has 0 aromatic rings. The first-order valence-electron chi connectivity index (χ1n) is 4.57. The molecule has 0 aliphatic carbocycles. The molecule has 1 N–H and O–H groups in total. The number of carbonyl (C=O) groups excluding carboxylic acids is 1. The normalized spacial score (nSPS) is 45.2. The second kappa shape index (κ2) is 3.04. The maximum Gasteiger partial charge on any atom is 0.135 e. The van der Waals surface area contributed by atoms with E-state index in [1.165, 1.54) is 12.8 Å². The molecule has 4 unspecified atom stereocenters. The lowest BCUT2D eigenvalue weighted by molar-refractivity contribution is -0.121. The van der Waals surface area contributed by atoms with E-state index < -0.39 is 0 Å². The molecular formula is C9H15NOS. The number of rotatable bonds is 2. The fourth-order valence-electron chi connectivity index (χ4n) is 2.56. The molecule has 0 aromatic heterocycles. The monoisotopic (exact) mass is 185 g/mol. The predicted molar refractivity (Wildman–Crippen MR) is 51.4 cm³/mol. The van der Waals surface area contributed by atoms with Crippen molar-refractivity contribution in [3.05, 3.63) is 0 Å². The number of hydrogen-bond donors (Lipinski definition) is 1. The van der Waals surface area contributed by atoms with Crippen LogP contribution in [0.4, 0.5) is 0 Å². The van der Waals surface area contributed by atoms with Crippen molar-refractivity contribution < 1.29 is 4.79 Å². The Hall–Kier alpha value is -0.0200. The topological polar surface area (TPSA) is 29.1 Å². The quantitative estimate of drug-likeness (QED) is 0.697. The average Bonchev–Trinajstić information content (AvgIpc) is 2.60. The van der Waals surface area contributed by atoms with Crippen molar-refractivity contribution in [2.75, 3.05) is 7.05 Å². The van der Waals surface area contributed by atoms with Crippen molar-refractivity contribution in [3.63, 3.8) is 0 Å². The molecule has 4 atom stereocenters. The van der Waals surface area contributed by atoms with Crippen molar-refractivity contribution >= 4 is 17.5 Å². The molecular weight excluding hydrogens is 170 g/mol. The van der Waals surface area contributed by atoms with Crippen molar-refractivity contribution in [2.45, 2.75) is 36.3 Å². The maximum atomic E-state index is 11.4. The van der Waals surface area contributed by atoms with Gasteiger partial charge in [0.15, 0.2) is 0 Å². The summed E-state index contributed by atoms with van der Waals surface area (Å²) in [5.74, 6) is 0.660. The Morgan fingerprint density at radius 1 is 1.42 bits per heavy atom. The molecule has 2 nitrogen and oxygen atoms in total. The van der Waals surface area contributed by atoms with E-state index in [9.17, 15) is 4.79 Å². The first-order chi connectivity index (χ1) is 5.74. The van der Waals surface area contributed by atoms with Gasteiger partial charge in [-0.3, -0.25) is 4.79 Å². The van der Waals surface area contributed by atoms with Crippen LogP contribution in [0.5, 0.6) is 0 Å². The Bertz CT molecular complexity index is 207. The highest BCUT2D eigenvalue weighted by atomic mass is 32.2. The fraction of sp³-hybridized carbons (Fsp3) is 0.889. The first kappa shape index (κ1) is 8.57. The Morgan fingerprint density at radius 2 is 2.08 bits per heavy atom. The molecule has 0 aromatic carbocycles. The zero-order valence-corrected chi connectivity index (χ0v) is 8.36. The molecule has 3 heteroatoms. The molecule has 2 heterocycles. The lowest BCUT2D eigenvalue weighted by Gasteiger charge is -2.27. The molecule has 12 heavy (non-hydrogen) atoms. The third-order valence-corrected chi connectivity index (χ3v) is 4.83. The van der Waals surface area contributed by atoms with Crippen molar-refractivity contribution in [1.29, 1.82) is 0 Å². The van der Waals surface area contributed by atoms with Crippen LogP contribution in [0.15, 0.2) is 0 Å². The van der Waals surface area contributed by atoms with Crippen LogP contribution in [0, 0.1) is 5.92 Å². The smallest absolute Gasteiger partial charge is 0.135 e. The molecule has 2 aliphatic rings. The van der Waals surface area contributed by atoms with Gasteiger partial charge in [0.2, 0.25) is 0 Å². The van der Waals surface area contributed by atoms with Gasteiger partial charge in [-0.2, -0.15) is 11.8 Å². The number of hydrogen-bond acceptors (Lipinski definition) is 3.